The number of hydrogen-bond acceptors (Lipinski definition) is 2. The van der Waals surface area contributed by atoms with Crippen molar-refractivity contribution < 1.29 is 9.18 Å². The first-order valence-electron chi connectivity index (χ1n) is 6.72. The zero-order valence-electron chi connectivity index (χ0n) is 11.9. The fourth-order valence-corrected chi connectivity index (χ4v) is 2.00. The number of nitrogens with one attached hydrogen (secondary N) is 2. The molecule has 0 atom stereocenters. The number of rotatable bonds is 3. The van der Waals surface area contributed by atoms with Crippen LogP contribution in [0.4, 0.5) is 10.1 Å². The van der Waals surface area contributed by atoms with Crippen LogP contribution in [0.25, 0.3) is 22.2 Å². The quantitative estimate of drug-likeness (QED) is 0.715. The minimum Gasteiger partial charge on any atom is -0.329 e. The maximum absolute atomic E-state index is 12.9. The SMILES string of the molecule is CC.O=CNc1ccc2[nH]nc(-c3ccc(F)cc3)c2c1. The van der Waals surface area contributed by atoms with Crippen LogP contribution in [-0.2, 0) is 4.79 Å². The Kier molecular flexibility index (Phi) is 4.66. The van der Waals surface area contributed by atoms with Crippen LogP contribution in [0.3, 0.4) is 0 Å². The maximum atomic E-state index is 12.9. The Labute approximate surface area is 122 Å². The second-order valence-corrected chi connectivity index (χ2v) is 4.10. The Balaban J connectivity index is 0.000000774. The highest BCUT2D eigenvalue weighted by Crippen LogP contribution is 2.28. The lowest BCUT2D eigenvalue weighted by atomic mass is 10.1. The molecule has 0 aliphatic carbocycles. The molecule has 108 valence electrons. The molecule has 21 heavy (non-hydrogen) atoms. The molecular weight excluding hydrogens is 269 g/mol. The normalized spacial score (nSPS) is 9.86. The van der Waals surface area contributed by atoms with Crippen molar-refractivity contribution in [3.8, 4) is 11.3 Å². The molecule has 0 aliphatic rings. The fraction of sp³-hybridized carbons (Fsp3) is 0.125. The van der Waals surface area contributed by atoms with E-state index >= 15 is 0 Å². The van der Waals surface area contributed by atoms with Gasteiger partial charge in [-0.1, -0.05) is 13.8 Å². The molecule has 5 heteroatoms. The van der Waals surface area contributed by atoms with Gasteiger partial charge in [-0.15, -0.1) is 0 Å². The number of carbonyl (C=O) groups is 1. The van der Waals surface area contributed by atoms with Crippen LogP contribution in [0.5, 0.6) is 0 Å². The van der Waals surface area contributed by atoms with E-state index in [1.165, 1.54) is 12.1 Å². The van der Waals surface area contributed by atoms with Gasteiger partial charge in [0.25, 0.3) is 0 Å². The van der Waals surface area contributed by atoms with Crippen molar-refractivity contribution in [3.63, 3.8) is 0 Å². The summed E-state index contributed by atoms with van der Waals surface area (Å²) in [6, 6.07) is 11.6. The number of fused-ring (bicyclic) bond motifs is 1. The summed E-state index contributed by atoms with van der Waals surface area (Å²) in [6.07, 6.45) is 0.624. The number of anilines is 1. The first kappa shape index (κ1) is 14.7. The number of H-pyrrole nitrogens is 1. The Morgan fingerprint density at radius 1 is 1.14 bits per heavy atom. The third kappa shape index (κ3) is 3.08. The lowest BCUT2D eigenvalue weighted by Gasteiger charge is -2.00. The van der Waals surface area contributed by atoms with Crippen molar-refractivity contribution in [2.24, 2.45) is 0 Å². The number of aromatic amines is 1. The molecule has 1 aromatic heterocycles. The van der Waals surface area contributed by atoms with Gasteiger partial charge in [-0.2, -0.15) is 5.10 Å². The predicted octanol–water partition coefficient (Wildman–Crippen LogP) is 3.96. The summed E-state index contributed by atoms with van der Waals surface area (Å²) in [5.41, 5.74) is 3.09. The van der Waals surface area contributed by atoms with Gasteiger partial charge in [0, 0.05) is 16.6 Å². The summed E-state index contributed by atoms with van der Waals surface area (Å²) >= 11 is 0. The molecule has 4 nitrogen and oxygen atoms in total. The van der Waals surface area contributed by atoms with E-state index in [-0.39, 0.29) is 5.82 Å². The van der Waals surface area contributed by atoms with Crippen LogP contribution in [-0.4, -0.2) is 16.6 Å². The van der Waals surface area contributed by atoms with Crippen molar-refractivity contribution in [1.29, 1.82) is 0 Å². The number of benzene rings is 2. The minimum absolute atomic E-state index is 0.285. The summed E-state index contributed by atoms with van der Waals surface area (Å²) in [4.78, 5) is 10.5. The zero-order valence-corrected chi connectivity index (χ0v) is 11.9. The summed E-state index contributed by atoms with van der Waals surface area (Å²) in [7, 11) is 0. The molecule has 0 radical (unpaired) electrons. The van der Waals surface area contributed by atoms with E-state index in [4.69, 9.17) is 0 Å². The van der Waals surface area contributed by atoms with Crippen LogP contribution < -0.4 is 5.32 Å². The van der Waals surface area contributed by atoms with E-state index in [9.17, 15) is 9.18 Å². The molecular formula is C16H16FN3O. The highest BCUT2D eigenvalue weighted by molar-refractivity contribution is 5.95. The van der Waals surface area contributed by atoms with Gasteiger partial charge < -0.3 is 5.32 Å². The molecule has 0 saturated heterocycles. The third-order valence-corrected chi connectivity index (χ3v) is 2.91. The number of aromatic nitrogens is 2. The lowest BCUT2D eigenvalue weighted by Crippen LogP contribution is -1.92. The number of halogens is 1. The Morgan fingerprint density at radius 2 is 1.86 bits per heavy atom. The van der Waals surface area contributed by atoms with Gasteiger partial charge in [0.2, 0.25) is 6.41 Å². The zero-order chi connectivity index (χ0) is 15.2. The van der Waals surface area contributed by atoms with Crippen molar-refractivity contribution in [1.82, 2.24) is 10.2 Å². The molecule has 3 rings (SSSR count). The van der Waals surface area contributed by atoms with Crippen LogP contribution in [0.15, 0.2) is 42.5 Å². The second kappa shape index (κ2) is 6.65. The Hall–Kier alpha value is -2.69. The summed E-state index contributed by atoms with van der Waals surface area (Å²) in [5, 5.41) is 10.6. The lowest BCUT2D eigenvalue weighted by molar-refractivity contribution is -0.105. The highest BCUT2D eigenvalue weighted by atomic mass is 19.1. The van der Waals surface area contributed by atoms with Crippen LogP contribution in [0.2, 0.25) is 0 Å². The largest absolute Gasteiger partial charge is 0.329 e. The molecule has 2 aromatic carbocycles. The molecule has 2 N–H and O–H groups in total. The minimum atomic E-state index is -0.285. The first-order chi connectivity index (χ1) is 10.3. The smallest absolute Gasteiger partial charge is 0.211 e. The standard InChI is InChI=1S/C14H10FN3O.C2H6/c15-10-3-1-9(2-4-10)14-12-7-11(16-8-19)5-6-13(12)17-18-14;1-2/h1-8H,(H,16,19)(H,17,18);1-2H3. The van der Waals surface area contributed by atoms with Gasteiger partial charge >= 0.3 is 0 Å². The van der Waals surface area contributed by atoms with Gasteiger partial charge in [-0.05, 0) is 42.5 Å². The van der Waals surface area contributed by atoms with Gasteiger partial charge in [0.15, 0.2) is 0 Å². The molecule has 0 aliphatic heterocycles. The maximum Gasteiger partial charge on any atom is 0.211 e. The van der Waals surface area contributed by atoms with Crippen LogP contribution in [0.1, 0.15) is 13.8 Å². The van der Waals surface area contributed by atoms with Crippen molar-refractivity contribution >= 4 is 23.0 Å². The Morgan fingerprint density at radius 3 is 2.52 bits per heavy atom. The first-order valence-corrected chi connectivity index (χ1v) is 6.72. The van der Waals surface area contributed by atoms with E-state index in [0.717, 1.165) is 22.2 Å². The predicted molar refractivity (Wildman–Crippen MR) is 82.5 cm³/mol. The molecule has 0 saturated carbocycles. The van der Waals surface area contributed by atoms with Crippen LogP contribution in [0, 0.1) is 5.82 Å². The van der Waals surface area contributed by atoms with Crippen molar-refractivity contribution in [2.45, 2.75) is 13.8 Å². The van der Waals surface area contributed by atoms with E-state index in [1.54, 1.807) is 18.2 Å². The summed E-state index contributed by atoms with van der Waals surface area (Å²) in [5.74, 6) is -0.285. The fourth-order valence-electron chi connectivity index (χ4n) is 2.00. The van der Waals surface area contributed by atoms with E-state index in [1.807, 2.05) is 26.0 Å². The van der Waals surface area contributed by atoms with Gasteiger partial charge in [0.05, 0.1) is 11.2 Å². The molecule has 3 aromatic rings. The Bertz CT molecular complexity index is 735. The number of nitrogens with zero attached hydrogens (tertiary/aromatic N) is 1. The van der Waals surface area contributed by atoms with E-state index in [2.05, 4.69) is 15.5 Å². The second-order valence-electron chi connectivity index (χ2n) is 4.10. The summed E-state index contributed by atoms with van der Waals surface area (Å²) < 4.78 is 12.9. The van der Waals surface area contributed by atoms with Gasteiger partial charge in [-0.25, -0.2) is 4.39 Å². The molecule has 0 unspecified atom stereocenters. The summed E-state index contributed by atoms with van der Waals surface area (Å²) in [6.45, 7) is 4.00. The molecule has 0 fully saturated rings. The average Bonchev–Trinajstić information content (AvgIpc) is 2.94. The highest BCUT2D eigenvalue weighted by Gasteiger charge is 2.08. The van der Waals surface area contributed by atoms with E-state index < -0.39 is 0 Å². The van der Waals surface area contributed by atoms with E-state index in [0.29, 0.717) is 12.1 Å². The van der Waals surface area contributed by atoms with Crippen LogP contribution >= 0.6 is 0 Å². The number of hydrogen-bond donors (Lipinski definition) is 2. The van der Waals surface area contributed by atoms with Gasteiger partial charge in [-0.3, -0.25) is 9.89 Å². The number of carbonyl (C=O) groups excluding carboxylic acids is 1. The third-order valence-electron chi connectivity index (χ3n) is 2.91. The van der Waals surface area contributed by atoms with Crippen molar-refractivity contribution in [3.05, 3.63) is 48.3 Å². The average molecular weight is 285 g/mol. The molecule has 0 spiro atoms. The molecule has 1 amide bonds. The topological polar surface area (TPSA) is 57.8 Å². The van der Waals surface area contributed by atoms with Gasteiger partial charge in [0.1, 0.15) is 5.82 Å². The van der Waals surface area contributed by atoms with Crippen molar-refractivity contribution in [2.75, 3.05) is 5.32 Å². The monoisotopic (exact) mass is 285 g/mol. The number of amides is 1. The molecule has 0 bridgehead atoms. The molecule has 1 heterocycles.